The van der Waals surface area contributed by atoms with Gasteiger partial charge in [-0.2, -0.15) is 0 Å². The fraction of sp³-hybridized carbons (Fsp3) is 0.833. The SMILES string of the molecule is CCC[C@@H]1CC(=O)[C@](C)(O)[C@@H]1C(=O)SCC. The second kappa shape index (κ2) is 5.32. The van der Waals surface area contributed by atoms with Crippen LogP contribution in [-0.4, -0.2) is 27.4 Å². The molecule has 4 heteroatoms. The highest BCUT2D eigenvalue weighted by atomic mass is 32.2. The minimum absolute atomic E-state index is 0.0269. The van der Waals surface area contributed by atoms with E-state index >= 15 is 0 Å². The Labute approximate surface area is 101 Å². The monoisotopic (exact) mass is 244 g/mol. The molecule has 0 aromatic rings. The van der Waals surface area contributed by atoms with Gasteiger partial charge in [-0.3, -0.25) is 9.59 Å². The van der Waals surface area contributed by atoms with Crippen LogP contribution in [0, 0.1) is 11.8 Å². The zero-order valence-corrected chi connectivity index (χ0v) is 11.0. The number of hydrogen-bond acceptors (Lipinski definition) is 4. The van der Waals surface area contributed by atoms with Gasteiger partial charge in [-0.1, -0.05) is 32.0 Å². The Morgan fingerprint density at radius 3 is 2.69 bits per heavy atom. The minimum atomic E-state index is -1.45. The molecule has 0 amide bonds. The Hall–Kier alpha value is -0.350. The third-order valence-corrected chi connectivity index (χ3v) is 4.12. The van der Waals surface area contributed by atoms with E-state index in [1.54, 1.807) is 0 Å². The fourth-order valence-corrected chi connectivity index (χ4v) is 3.37. The van der Waals surface area contributed by atoms with Gasteiger partial charge in [0.1, 0.15) is 5.60 Å². The first-order valence-corrected chi connectivity index (χ1v) is 6.86. The number of thioether (sulfide) groups is 1. The van der Waals surface area contributed by atoms with Crippen LogP contribution in [0.15, 0.2) is 0 Å². The molecular weight excluding hydrogens is 224 g/mol. The van der Waals surface area contributed by atoms with Crippen LogP contribution in [-0.2, 0) is 9.59 Å². The van der Waals surface area contributed by atoms with E-state index in [0.717, 1.165) is 12.8 Å². The van der Waals surface area contributed by atoms with Crippen molar-refractivity contribution in [2.24, 2.45) is 11.8 Å². The van der Waals surface area contributed by atoms with Gasteiger partial charge in [-0.25, -0.2) is 0 Å². The van der Waals surface area contributed by atoms with Crippen molar-refractivity contribution < 1.29 is 14.7 Å². The van der Waals surface area contributed by atoms with Crippen LogP contribution in [0.1, 0.15) is 40.0 Å². The molecule has 16 heavy (non-hydrogen) atoms. The largest absolute Gasteiger partial charge is 0.382 e. The van der Waals surface area contributed by atoms with Crippen LogP contribution in [0.4, 0.5) is 0 Å². The van der Waals surface area contributed by atoms with Crippen molar-refractivity contribution in [1.29, 1.82) is 0 Å². The van der Waals surface area contributed by atoms with E-state index in [1.807, 2.05) is 13.8 Å². The lowest BCUT2D eigenvalue weighted by molar-refractivity contribution is -0.139. The van der Waals surface area contributed by atoms with Gasteiger partial charge in [0.15, 0.2) is 10.9 Å². The molecule has 0 bridgehead atoms. The first-order valence-electron chi connectivity index (χ1n) is 5.87. The lowest BCUT2D eigenvalue weighted by Gasteiger charge is -2.26. The predicted molar refractivity (Wildman–Crippen MR) is 65.3 cm³/mol. The first kappa shape index (κ1) is 13.7. The summed E-state index contributed by atoms with van der Waals surface area (Å²) in [5.74, 6) is 0.0308. The van der Waals surface area contributed by atoms with Crippen LogP contribution in [0.3, 0.4) is 0 Å². The zero-order valence-electron chi connectivity index (χ0n) is 10.2. The maximum atomic E-state index is 11.9. The summed E-state index contributed by atoms with van der Waals surface area (Å²) in [6, 6.07) is 0. The van der Waals surface area contributed by atoms with Crippen LogP contribution >= 0.6 is 11.8 Å². The van der Waals surface area contributed by atoms with Crippen molar-refractivity contribution in [1.82, 2.24) is 0 Å². The van der Waals surface area contributed by atoms with E-state index in [4.69, 9.17) is 0 Å². The molecule has 1 saturated carbocycles. The summed E-state index contributed by atoms with van der Waals surface area (Å²) < 4.78 is 0. The maximum Gasteiger partial charge on any atom is 0.195 e. The molecule has 0 radical (unpaired) electrons. The Bertz CT molecular complexity index is 286. The molecule has 1 aliphatic carbocycles. The third kappa shape index (κ3) is 2.48. The van der Waals surface area contributed by atoms with Crippen molar-refractivity contribution in [2.45, 2.75) is 45.6 Å². The summed E-state index contributed by atoms with van der Waals surface area (Å²) in [7, 11) is 0. The molecule has 3 nitrogen and oxygen atoms in total. The quantitative estimate of drug-likeness (QED) is 0.822. The van der Waals surface area contributed by atoms with Gasteiger partial charge < -0.3 is 5.11 Å². The number of carbonyl (C=O) groups is 2. The van der Waals surface area contributed by atoms with Crippen molar-refractivity contribution in [3.05, 3.63) is 0 Å². The Morgan fingerprint density at radius 2 is 2.19 bits per heavy atom. The number of hydrogen-bond donors (Lipinski definition) is 1. The molecule has 1 aliphatic rings. The molecule has 0 aromatic heterocycles. The van der Waals surface area contributed by atoms with Gasteiger partial charge in [0.2, 0.25) is 0 Å². The smallest absolute Gasteiger partial charge is 0.195 e. The summed E-state index contributed by atoms with van der Waals surface area (Å²) >= 11 is 1.21. The molecule has 92 valence electrons. The van der Waals surface area contributed by atoms with E-state index < -0.39 is 11.5 Å². The predicted octanol–water partition coefficient (Wildman–Crippen LogP) is 2.02. The number of ketones is 1. The molecule has 1 N–H and O–H groups in total. The number of Topliss-reactive ketones (excluding diaryl/α,β-unsaturated/α-hetero) is 1. The lowest BCUT2D eigenvalue weighted by Crippen LogP contribution is -2.41. The molecule has 0 spiro atoms. The third-order valence-electron chi connectivity index (χ3n) is 3.29. The first-order chi connectivity index (χ1) is 7.45. The highest BCUT2D eigenvalue weighted by Crippen LogP contribution is 2.42. The molecule has 0 aliphatic heterocycles. The summed E-state index contributed by atoms with van der Waals surface area (Å²) in [5.41, 5.74) is -1.45. The van der Waals surface area contributed by atoms with Gasteiger partial charge in [0, 0.05) is 6.42 Å². The van der Waals surface area contributed by atoms with E-state index in [1.165, 1.54) is 18.7 Å². The molecule has 0 saturated heterocycles. The average molecular weight is 244 g/mol. The second-order valence-electron chi connectivity index (χ2n) is 4.55. The Kier molecular flexibility index (Phi) is 4.56. The van der Waals surface area contributed by atoms with Crippen molar-refractivity contribution >= 4 is 22.7 Å². The van der Waals surface area contributed by atoms with E-state index in [-0.39, 0.29) is 16.8 Å². The van der Waals surface area contributed by atoms with Gasteiger partial charge in [0.05, 0.1) is 5.92 Å². The van der Waals surface area contributed by atoms with E-state index in [0.29, 0.717) is 12.2 Å². The average Bonchev–Trinajstić information content (AvgIpc) is 2.38. The van der Waals surface area contributed by atoms with Crippen LogP contribution in [0.5, 0.6) is 0 Å². The summed E-state index contributed by atoms with van der Waals surface area (Å²) in [4.78, 5) is 23.6. The lowest BCUT2D eigenvalue weighted by atomic mass is 9.86. The number of rotatable bonds is 4. The molecule has 0 unspecified atom stereocenters. The van der Waals surface area contributed by atoms with Crippen LogP contribution in [0.2, 0.25) is 0 Å². The molecule has 3 atom stereocenters. The van der Waals surface area contributed by atoms with Gasteiger partial charge in [0.25, 0.3) is 0 Å². The highest BCUT2D eigenvalue weighted by molar-refractivity contribution is 8.13. The second-order valence-corrected chi connectivity index (χ2v) is 5.82. The molecular formula is C12H20O3S. The van der Waals surface area contributed by atoms with Gasteiger partial charge in [-0.05, 0) is 25.0 Å². The molecule has 1 fully saturated rings. The summed E-state index contributed by atoms with van der Waals surface area (Å²) in [6.45, 7) is 5.43. The highest BCUT2D eigenvalue weighted by Gasteiger charge is 2.53. The van der Waals surface area contributed by atoms with Gasteiger partial charge in [-0.15, -0.1) is 0 Å². The zero-order chi connectivity index (χ0) is 12.3. The molecule has 0 aromatic carbocycles. The maximum absolute atomic E-state index is 11.9. The Morgan fingerprint density at radius 1 is 1.56 bits per heavy atom. The summed E-state index contributed by atoms with van der Waals surface area (Å²) in [6.07, 6.45) is 2.12. The number of aliphatic hydroxyl groups is 1. The Balaban J connectivity index is 2.88. The van der Waals surface area contributed by atoms with Crippen LogP contribution < -0.4 is 0 Å². The molecule has 0 heterocycles. The van der Waals surface area contributed by atoms with E-state index in [9.17, 15) is 14.7 Å². The normalized spacial score (nSPS) is 34.4. The van der Waals surface area contributed by atoms with Crippen LogP contribution in [0.25, 0.3) is 0 Å². The van der Waals surface area contributed by atoms with Crippen molar-refractivity contribution in [3.63, 3.8) is 0 Å². The standard InChI is InChI=1S/C12H20O3S/c1-4-6-8-7-9(13)12(3,15)10(8)11(14)16-5-2/h8,10,15H,4-7H2,1-3H3/t8-,10+,12+/m1/s1. The van der Waals surface area contributed by atoms with E-state index in [2.05, 4.69) is 0 Å². The minimum Gasteiger partial charge on any atom is -0.382 e. The van der Waals surface area contributed by atoms with Crippen molar-refractivity contribution in [2.75, 3.05) is 5.75 Å². The number of carbonyl (C=O) groups excluding carboxylic acids is 2. The topological polar surface area (TPSA) is 54.4 Å². The molecule has 1 rings (SSSR count). The van der Waals surface area contributed by atoms with Gasteiger partial charge >= 0.3 is 0 Å². The summed E-state index contributed by atoms with van der Waals surface area (Å²) in [5, 5.41) is 10.1. The van der Waals surface area contributed by atoms with Crippen molar-refractivity contribution in [3.8, 4) is 0 Å². The fourth-order valence-electron chi connectivity index (χ4n) is 2.49.